The quantitative estimate of drug-likeness (QED) is 0.684. The van der Waals surface area contributed by atoms with Gasteiger partial charge in [0, 0.05) is 23.0 Å². The lowest BCUT2D eigenvalue weighted by molar-refractivity contribution is 0.101. The van der Waals surface area contributed by atoms with E-state index in [0.29, 0.717) is 22.8 Å². The molecule has 0 spiro atoms. The lowest BCUT2D eigenvalue weighted by Gasteiger charge is -2.08. The highest BCUT2D eigenvalue weighted by molar-refractivity contribution is 6.03. The molecule has 6 nitrogen and oxygen atoms in total. The van der Waals surface area contributed by atoms with Crippen LogP contribution in [0.15, 0.2) is 60.9 Å². The SMILES string of the molecule is CC(=O)c1ccc(Nc2cc(C(=O)Nc3cccc(F)c3)ncn2)cc1. The van der Waals surface area contributed by atoms with Gasteiger partial charge in [-0.1, -0.05) is 6.07 Å². The minimum atomic E-state index is -0.479. The standard InChI is InChI=1S/C19H15FN4O2/c1-12(25)13-5-7-15(8-6-13)23-18-10-17(21-11-22-18)19(26)24-16-4-2-3-14(20)9-16/h2-11H,1H3,(H,24,26)(H,21,22,23). The smallest absolute Gasteiger partial charge is 0.274 e. The molecule has 3 aromatic rings. The van der Waals surface area contributed by atoms with E-state index < -0.39 is 11.7 Å². The van der Waals surface area contributed by atoms with Gasteiger partial charge in [-0.05, 0) is 49.4 Å². The van der Waals surface area contributed by atoms with E-state index >= 15 is 0 Å². The number of amides is 1. The van der Waals surface area contributed by atoms with Crippen LogP contribution in [-0.4, -0.2) is 21.7 Å². The molecule has 7 heteroatoms. The van der Waals surface area contributed by atoms with E-state index in [-0.39, 0.29) is 11.5 Å². The Morgan fingerprint density at radius 1 is 0.962 bits per heavy atom. The van der Waals surface area contributed by atoms with Gasteiger partial charge in [0.25, 0.3) is 5.91 Å². The Hall–Kier alpha value is -3.61. The number of aromatic nitrogens is 2. The molecule has 2 N–H and O–H groups in total. The Kier molecular flexibility index (Phi) is 4.98. The summed E-state index contributed by atoms with van der Waals surface area (Å²) in [5, 5.41) is 5.61. The predicted octanol–water partition coefficient (Wildman–Crippen LogP) is 3.81. The lowest BCUT2D eigenvalue weighted by atomic mass is 10.1. The van der Waals surface area contributed by atoms with Crippen molar-refractivity contribution in [3.05, 3.63) is 78.0 Å². The van der Waals surface area contributed by atoms with E-state index in [1.165, 1.54) is 37.5 Å². The lowest BCUT2D eigenvalue weighted by Crippen LogP contribution is -2.14. The molecular weight excluding hydrogens is 335 g/mol. The summed E-state index contributed by atoms with van der Waals surface area (Å²) in [6, 6.07) is 14.0. The molecule has 0 atom stereocenters. The Morgan fingerprint density at radius 3 is 2.42 bits per heavy atom. The number of hydrogen-bond donors (Lipinski definition) is 2. The summed E-state index contributed by atoms with van der Waals surface area (Å²) in [4.78, 5) is 31.6. The van der Waals surface area contributed by atoms with Crippen LogP contribution >= 0.6 is 0 Å². The maximum absolute atomic E-state index is 13.2. The van der Waals surface area contributed by atoms with Crippen LogP contribution in [0.3, 0.4) is 0 Å². The molecule has 0 aliphatic carbocycles. The molecular formula is C19H15FN4O2. The predicted molar refractivity (Wildman–Crippen MR) is 96.1 cm³/mol. The van der Waals surface area contributed by atoms with Crippen LogP contribution in [0.1, 0.15) is 27.8 Å². The molecule has 0 fully saturated rings. The van der Waals surface area contributed by atoms with Crippen LogP contribution < -0.4 is 10.6 Å². The number of rotatable bonds is 5. The first-order valence-corrected chi connectivity index (χ1v) is 7.78. The molecule has 130 valence electrons. The van der Waals surface area contributed by atoms with Crippen molar-refractivity contribution < 1.29 is 14.0 Å². The molecule has 0 bridgehead atoms. The molecule has 1 amide bonds. The molecule has 0 unspecified atom stereocenters. The minimum absolute atomic E-state index is 0.0186. The number of carbonyl (C=O) groups excluding carboxylic acids is 2. The third-order valence-electron chi connectivity index (χ3n) is 3.55. The second-order valence-corrected chi connectivity index (χ2v) is 5.51. The van der Waals surface area contributed by atoms with Gasteiger partial charge in [-0.2, -0.15) is 0 Å². The zero-order valence-corrected chi connectivity index (χ0v) is 13.9. The summed E-state index contributed by atoms with van der Waals surface area (Å²) in [6.45, 7) is 1.50. The number of Topliss-reactive ketones (excluding diaryl/α,β-unsaturated/α-hetero) is 1. The molecule has 0 aliphatic rings. The van der Waals surface area contributed by atoms with Crippen LogP contribution in [0, 0.1) is 5.82 Å². The number of nitrogens with zero attached hydrogens (tertiary/aromatic N) is 2. The highest BCUT2D eigenvalue weighted by Gasteiger charge is 2.10. The number of ketones is 1. The monoisotopic (exact) mass is 350 g/mol. The fourth-order valence-electron chi connectivity index (χ4n) is 2.25. The second-order valence-electron chi connectivity index (χ2n) is 5.51. The first-order valence-electron chi connectivity index (χ1n) is 7.78. The van der Waals surface area contributed by atoms with Crippen molar-refractivity contribution in [2.75, 3.05) is 10.6 Å². The van der Waals surface area contributed by atoms with E-state index in [2.05, 4.69) is 20.6 Å². The highest BCUT2D eigenvalue weighted by Crippen LogP contribution is 2.17. The highest BCUT2D eigenvalue weighted by atomic mass is 19.1. The van der Waals surface area contributed by atoms with Crippen LogP contribution in [0.2, 0.25) is 0 Å². The van der Waals surface area contributed by atoms with E-state index in [9.17, 15) is 14.0 Å². The van der Waals surface area contributed by atoms with Crippen molar-refractivity contribution in [1.29, 1.82) is 0 Å². The zero-order valence-electron chi connectivity index (χ0n) is 13.9. The Bertz CT molecular complexity index is 958. The van der Waals surface area contributed by atoms with E-state index in [1.54, 1.807) is 30.3 Å². The number of benzene rings is 2. The molecule has 1 heterocycles. The largest absolute Gasteiger partial charge is 0.340 e. The summed E-state index contributed by atoms with van der Waals surface area (Å²) >= 11 is 0. The topological polar surface area (TPSA) is 84.0 Å². The summed E-state index contributed by atoms with van der Waals surface area (Å²) in [5.74, 6) is -0.523. The Balaban J connectivity index is 1.73. The first-order chi connectivity index (χ1) is 12.5. The van der Waals surface area contributed by atoms with Crippen LogP contribution in [0.25, 0.3) is 0 Å². The van der Waals surface area contributed by atoms with Gasteiger partial charge in [0.05, 0.1) is 0 Å². The Morgan fingerprint density at radius 2 is 1.73 bits per heavy atom. The van der Waals surface area contributed by atoms with Crippen LogP contribution in [0.4, 0.5) is 21.6 Å². The van der Waals surface area contributed by atoms with E-state index in [1.807, 2.05) is 0 Å². The van der Waals surface area contributed by atoms with Crippen molar-refractivity contribution in [1.82, 2.24) is 9.97 Å². The number of halogens is 1. The number of anilines is 3. The number of nitrogens with one attached hydrogen (secondary N) is 2. The van der Waals surface area contributed by atoms with E-state index in [0.717, 1.165) is 0 Å². The number of carbonyl (C=O) groups is 2. The Labute approximate surface area is 149 Å². The van der Waals surface area contributed by atoms with Crippen LogP contribution in [-0.2, 0) is 0 Å². The average molecular weight is 350 g/mol. The molecule has 0 aliphatic heterocycles. The van der Waals surface area contributed by atoms with Crippen molar-refractivity contribution in [2.24, 2.45) is 0 Å². The minimum Gasteiger partial charge on any atom is -0.340 e. The van der Waals surface area contributed by atoms with Gasteiger partial charge >= 0.3 is 0 Å². The third-order valence-corrected chi connectivity index (χ3v) is 3.55. The van der Waals surface area contributed by atoms with Crippen molar-refractivity contribution in [3.8, 4) is 0 Å². The zero-order chi connectivity index (χ0) is 18.5. The van der Waals surface area contributed by atoms with Crippen molar-refractivity contribution in [2.45, 2.75) is 6.92 Å². The first kappa shape index (κ1) is 17.2. The summed E-state index contributed by atoms with van der Waals surface area (Å²) in [7, 11) is 0. The molecule has 26 heavy (non-hydrogen) atoms. The molecule has 0 saturated carbocycles. The van der Waals surface area contributed by atoms with Gasteiger partial charge in [-0.25, -0.2) is 14.4 Å². The van der Waals surface area contributed by atoms with Gasteiger partial charge < -0.3 is 10.6 Å². The third kappa shape index (κ3) is 4.27. The van der Waals surface area contributed by atoms with Gasteiger partial charge in [0.15, 0.2) is 5.78 Å². The molecule has 3 rings (SSSR count). The van der Waals surface area contributed by atoms with Gasteiger partial charge in [0.1, 0.15) is 23.7 Å². The molecule has 1 aromatic heterocycles. The van der Waals surface area contributed by atoms with Gasteiger partial charge in [-0.3, -0.25) is 9.59 Å². The van der Waals surface area contributed by atoms with Gasteiger partial charge in [0.2, 0.25) is 0 Å². The average Bonchev–Trinajstić information content (AvgIpc) is 2.62. The molecule has 0 radical (unpaired) electrons. The molecule has 0 saturated heterocycles. The fourth-order valence-corrected chi connectivity index (χ4v) is 2.25. The summed E-state index contributed by atoms with van der Waals surface area (Å²) in [5.41, 5.74) is 1.79. The van der Waals surface area contributed by atoms with Crippen LogP contribution in [0.5, 0.6) is 0 Å². The second kappa shape index (κ2) is 7.52. The summed E-state index contributed by atoms with van der Waals surface area (Å²) in [6.07, 6.45) is 1.26. The molecule has 2 aromatic carbocycles. The van der Waals surface area contributed by atoms with Crippen molar-refractivity contribution in [3.63, 3.8) is 0 Å². The van der Waals surface area contributed by atoms with E-state index in [4.69, 9.17) is 0 Å². The normalized spacial score (nSPS) is 10.2. The fraction of sp³-hybridized carbons (Fsp3) is 0.0526. The maximum Gasteiger partial charge on any atom is 0.274 e. The van der Waals surface area contributed by atoms with Crippen molar-refractivity contribution >= 4 is 28.9 Å². The maximum atomic E-state index is 13.2. The van der Waals surface area contributed by atoms with Gasteiger partial charge in [-0.15, -0.1) is 0 Å². The number of hydrogen-bond acceptors (Lipinski definition) is 5. The summed E-state index contributed by atoms with van der Waals surface area (Å²) < 4.78 is 13.2.